The topological polar surface area (TPSA) is 35.5 Å². The molecule has 0 bridgehead atoms. The van der Waals surface area contributed by atoms with E-state index < -0.39 is 8.56 Å². The van der Waals surface area contributed by atoms with Crippen molar-refractivity contribution in [1.29, 1.82) is 0 Å². The lowest BCUT2D eigenvalue weighted by Gasteiger charge is -2.19. The average molecular weight is 192 g/mol. The molecule has 0 aromatic heterocycles. The van der Waals surface area contributed by atoms with Crippen LogP contribution in [-0.2, 0) is 13.6 Å². The highest BCUT2D eigenvalue weighted by Gasteiger charge is 2.19. The van der Waals surface area contributed by atoms with Crippen LogP contribution in [0.1, 0.15) is 6.92 Å². The molecule has 1 rings (SSSR count). The van der Waals surface area contributed by atoms with Crippen molar-refractivity contribution in [2.75, 3.05) is 6.61 Å². The molecule has 0 spiro atoms. The summed E-state index contributed by atoms with van der Waals surface area (Å²) < 4.78 is 10.5. The van der Waals surface area contributed by atoms with E-state index in [0.29, 0.717) is 0 Å². The molecule has 0 N–H and O–H groups in total. The number of carbonyl (C=O) groups is 1. The smallest absolute Gasteiger partial charge is 0.288 e. The Morgan fingerprint density at radius 1 is 1.80 bits per heavy atom. The fourth-order valence-electron chi connectivity index (χ4n) is 1.03. The molecule has 0 aromatic rings. The van der Waals surface area contributed by atoms with Crippen LogP contribution < -0.4 is 0 Å². The molecule has 0 amide bonds. The van der Waals surface area contributed by atoms with Crippen LogP contribution in [0, 0.1) is 0 Å². The van der Waals surface area contributed by atoms with E-state index in [9.17, 15) is 4.79 Å². The molecule has 58 valence electrons. The highest BCUT2D eigenvalue weighted by atomic mass is 29.6. The monoisotopic (exact) mass is 192 g/mol. The van der Waals surface area contributed by atoms with Crippen LogP contribution in [0.4, 0.5) is 0 Å². The van der Waals surface area contributed by atoms with Crippen molar-refractivity contribution in [1.82, 2.24) is 0 Å². The van der Waals surface area contributed by atoms with Crippen molar-refractivity contribution >= 4 is 32.4 Å². The van der Waals surface area contributed by atoms with Crippen LogP contribution in [0.5, 0.6) is 0 Å². The van der Waals surface area contributed by atoms with Gasteiger partial charge in [0, 0.05) is 13.5 Å². The molecule has 0 radical (unpaired) electrons. The van der Waals surface area contributed by atoms with Crippen molar-refractivity contribution in [3.63, 3.8) is 0 Å². The van der Waals surface area contributed by atoms with Crippen molar-refractivity contribution in [2.45, 2.75) is 13.0 Å². The van der Waals surface area contributed by atoms with Gasteiger partial charge in [-0.25, -0.2) is 0 Å². The van der Waals surface area contributed by atoms with Crippen molar-refractivity contribution in [3.8, 4) is 0 Å². The summed E-state index contributed by atoms with van der Waals surface area (Å²) in [5.74, 6) is -0.0694. The van der Waals surface area contributed by atoms with E-state index in [4.69, 9.17) is 8.85 Å². The second kappa shape index (κ2) is 4.06. The molecule has 1 heterocycles. The third-order valence-corrected chi connectivity index (χ3v) is 17.6. The van der Waals surface area contributed by atoms with Crippen LogP contribution in [0.25, 0.3) is 0 Å². The number of carbonyl (C=O) groups excluding carboxylic acids is 1. The lowest BCUT2D eigenvalue weighted by molar-refractivity contribution is -0.132. The summed E-state index contributed by atoms with van der Waals surface area (Å²) in [5, 5.41) is 0. The molecular weight excluding hydrogens is 180 g/mol. The minimum atomic E-state index is -0.958. The summed E-state index contributed by atoms with van der Waals surface area (Å²) in [6.07, 6.45) is 0. The van der Waals surface area contributed by atoms with Gasteiger partial charge >= 0.3 is 0 Å². The fraction of sp³-hybridized carbons (Fsp3) is 0.750. The number of hydrogen-bond donors (Lipinski definition) is 0. The summed E-state index contributed by atoms with van der Waals surface area (Å²) in [7, 11) is -1.12. The van der Waals surface area contributed by atoms with E-state index >= 15 is 0 Å². The molecule has 1 unspecified atom stereocenters. The van der Waals surface area contributed by atoms with Gasteiger partial charge in [0.2, 0.25) is 8.56 Å². The van der Waals surface area contributed by atoms with E-state index in [1.165, 1.54) is 6.92 Å². The van der Waals surface area contributed by atoms with E-state index in [-0.39, 0.29) is 23.8 Å². The Labute approximate surface area is 66.2 Å². The van der Waals surface area contributed by atoms with Gasteiger partial charge in [0.25, 0.3) is 5.97 Å². The van der Waals surface area contributed by atoms with Gasteiger partial charge in [0.15, 0.2) is 0 Å². The maximum absolute atomic E-state index is 10.5. The molecule has 1 atom stereocenters. The highest BCUT2D eigenvalue weighted by molar-refractivity contribution is 7.33. The Hall–Kier alpha value is 0.0806. The first-order valence-electron chi connectivity index (χ1n) is 3.54. The molecule has 1 saturated heterocycles. The third-order valence-electron chi connectivity index (χ3n) is 1.50. The summed E-state index contributed by atoms with van der Waals surface area (Å²) in [6.45, 7) is 2.39. The molecular formula is C4H12O3Si3. The van der Waals surface area contributed by atoms with E-state index in [0.717, 1.165) is 12.7 Å². The first-order chi connectivity index (χ1) is 4.79. The van der Waals surface area contributed by atoms with Gasteiger partial charge in [-0.2, -0.15) is 0 Å². The van der Waals surface area contributed by atoms with E-state index in [1.807, 2.05) is 0 Å². The summed E-state index contributed by atoms with van der Waals surface area (Å²) in [4.78, 5) is 10.5. The van der Waals surface area contributed by atoms with Crippen molar-refractivity contribution < 1.29 is 13.6 Å². The molecule has 1 aliphatic rings. The maximum Gasteiger partial charge on any atom is 0.288 e. The lowest BCUT2D eigenvalue weighted by atomic mass is 10.9. The Kier molecular flexibility index (Phi) is 3.32. The third kappa shape index (κ3) is 2.78. The zero-order valence-corrected chi connectivity index (χ0v) is 10.1. The van der Waals surface area contributed by atoms with Crippen LogP contribution in [0.3, 0.4) is 0 Å². The first-order valence-corrected chi connectivity index (χ1v) is 12.7. The minimum Gasteiger partial charge on any atom is -0.526 e. The molecule has 3 nitrogen and oxygen atoms in total. The number of hydrogen-bond acceptors (Lipinski definition) is 3. The second-order valence-electron chi connectivity index (χ2n) is 2.42. The van der Waals surface area contributed by atoms with Gasteiger partial charge < -0.3 is 8.85 Å². The predicted molar refractivity (Wildman–Crippen MR) is 46.8 cm³/mol. The maximum atomic E-state index is 10.5. The van der Waals surface area contributed by atoms with E-state index in [1.54, 1.807) is 0 Å². The Morgan fingerprint density at radius 3 is 3.10 bits per heavy atom. The normalized spacial score (nSPS) is 30.7. The zero-order valence-electron chi connectivity index (χ0n) is 6.13. The molecule has 0 aromatic carbocycles. The van der Waals surface area contributed by atoms with Gasteiger partial charge in [-0.3, -0.25) is 4.79 Å². The Bertz CT molecular complexity index is 123. The standard InChI is InChI=1S/C4H12O3Si3/c1-4(5)7-10-3-2-6-8-9-10/h10H,2-3,8-9H2,1H3. The number of rotatable bonds is 1. The van der Waals surface area contributed by atoms with Crippen molar-refractivity contribution in [3.05, 3.63) is 0 Å². The van der Waals surface area contributed by atoms with E-state index in [2.05, 4.69) is 0 Å². The molecule has 6 heteroatoms. The van der Waals surface area contributed by atoms with Crippen LogP contribution in [0.2, 0.25) is 6.04 Å². The van der Waals surface area contributed by atoms with Gasteiger partial charge in [-0.05, 0) is 6.04 Å². The molecule has 0 saturated carbocycles. The zero-order chi connectivity index (χ0) is 7.40. The van der Waals surface area contributed by atoms with Crippen LogP contribution in [0.15, 0.2) is 0 Å². The summed E-state index contributed by atoms with van der Waals surface area (Å²) >= 11 is 0. The Balaban J connectivity index is 2.19. The summed E-state index contributed by atoms with van der Waals surface area (Å²) in [5.41, 5.74) is 0. The largest absolute Gasteiger partial charge is 0.526 e. The fourth-order valence-corrected chi connectivity index (χ4v) is 15.4. The summed E-state index contributed by atoms with van der Waals surface area (Å²) in [6, 6.07) is 1.08. The van der Waals surface area contributed by atoms with Gasteiger partial charge in [-0.1, -0.05) is 0 Å². The molecule has 1 aliphatic heterocycles. The van der Waals surface area contributed by atoms with Crippen molar-refractivity contribution in [2.24, 2.45) is 0 Å². The second-order valence-corrected chi connectivity index (χ2v) is 16.8. The molecule has 10 heavy (non-hydrogen) atoms. The predicted octanol–water partition coefficient (Wildman–Crippen LogP) is -2.03. The van der Waals surface area contributed by atoms with Gasteiger partial charge in [-0.15, -0.1) is 0 Å². The molecule has 0 aliphatic carbocycles. The molecule has 1 fully saturated rings. The quantitative estimate of drug-likeness (QED) is 0.450. The SMILES string of the molecule is CC(=O)O[SiH]1CCO[SiH2][SiH2]1. The van der Waals surface area contributed by atoms with Crippen LogP contribution >= 0.6 is 0 Å². The van der Waals surface area contributed by atoms with Gasteiger partial charge in [0.05, 0.1) is 8.55 Å². The minimum absolute atomic E-state index is 0.00782. The Morgan fingerprint density at radius 2 is 2.60 bits per heavy atom. The highest BCUT2D eigenvalue weighted by Crippen LogP contribution is 1.99. The van der Waals surface area contributed by atoms with Gasteiger partial charge in [0.1, 0.15) is 9.28 Å². The lowest BCUT2D eigenvalue weighted by Crippen LogP contribution is -2.39. The first kappa shape index (κ1) is 8.18. The van der Waals surface area contributed by atoms with Crippen LogP contribution in [-0.4, -0.2) is 39.0 Å². The average Bonchev–Trinajstić information content (AvgIpc) is 1.88.